The maximum Gasteiger partial charge on any atom is 0.264 e. The van der Waals surface area contributed by atoms with Crippen LogP contribution < -0.4 is 5.56 Å². The molecule has 0 fully saturated rings. The van der Waals surface area contributed by atoms with E-state index in [-0.39, 0.29) is 17.0 Å². The fourth-order valence-electron chi connectivity index (χ4n) is 1.41. The van der Waals surface area contributed by atoms with E-state index in [1.807, 2.05) is 13.0 Å². The van der Waals surface area contributed by atoms with Crippen LogP contribution >= 0.6 is 0 Å². The first-order valence-electron chi connectivity index (χ1n) is 4.29. The number of aromatic hydroxyl groups is 1. The van der Waals surface area contributed by atoms with Gasteiger partial charge in [-0.15, -0.1) is 0 Å². The standard InChI is InChI=1S/C10H10N2O2/c1-6-4-3-5-8-11-9(13)7(2)10(14)12(6)8/h3-5,13H,1-2H3. The normalized spacial score (nSPS) is 10.7. The molecular weight excluding hydrogens is 180 g/mol. The quantitative estimate of drug-likeness (QED) is 0.674. The van der Waals surface area contributed by atoms with Gasteiger partial charge in [0.1, 0.15) is 5.65 Å². The highest BCUT2D eigenvalue weighted by Gasteiger charge is 2.07. The molecular formula is C10H10N2O2. The van der Waals surface area contributed by atoms with Gasteiger partial charge in [0.15, 0.2) is 0 Å². The number of aryl methyl sites for hydroxylation is 1. The van der Waals surface area contributed by atoms with Crippen LogP contribution in [0.1, 0.15) is 11.3 Å². The van der Waals surface area contributed by atoms with Gasteiger partial charge in [-0.1, -0.05) is 6.07 Å². The predicted molar refractivity (Wildman–Crippen MR) is 52.6 cm³/mol. The van der Waals surface area contributed by atoms with E-state index in [0.717, 1.165) is 5.69 Å². The number of hydrogen-bond acceptors (Lipinski definition) is 3. The lowest BCUT2D eigenvalue weighted by molar-refractivity contribution is 0.448. The number of rotatable bonds is 0. The number of pyridine rings is 1. The summed E-state index contributed by atoms with van der Waals surface area (Å²) in [5, 5.41) is 9.36. The Kier molecular flexibility index (Phi) is 1.77. The summed E-state index contributed by atoms with van der Waals surface area (Å²) in [5.74, 6) is -0.194. The first kappa shape index (κ1) is 8.74. The maximum absolute atomic E-state index is 11.7. The van der Waals surface area contributed by atoms with Gasteiger partial charge in [-0.3, -0.25) is 9.20 Å². The Labute approximate surface area is 80.5 Å². The lowest BCUT2D eigenvalue weighted by Gasteiger charge is -2.05. The van der Waals surface area contributed by atoms with E-state index in [9.17, 15) is 9.90 Å². The van der Waals surface area contributed by atoms with Gasteiger partial charge < -0.3 is 5.11 Å². The molecule has 2 aromatic heterocycles. The third kappa shape index (κ3) is 1.08. The summed E-state index contributed by atoms with van der Waals surface area (Å²) in [6.45, 7) is 3.39. The van der Waals surface area contributed by atoms with Gasteiger partial charge in [0.25, 0.3) is 5.56 Å². The van der Waals surface area contributed by atoms with Crippen LogP contribution in [0.4, 0.5) is 0 Å². The molecule has 2 rings (SSSR count). The van der Waals surface area contributed by atoms with Crippen LogP contribution in [0.5, 0.6) is 5.88 Å². The second-order valence-corrected chi connectivity index (χ2v) is 3.23. The second kappa shape index (κ2) is 2.83. The fraction of sp³-hybridized carbons (Fsp3) is 0.200. The van der Waals surface area contributed by atoms with Crippen LogP contribution in [0, 0.1) is 13.8 Å². The number of nitrogens with zero attached hydrogens (tertiary/aromatic N) is 2. The van der Waals surface area contributed by atoms with Gasteiger partial charge in [0.2, 0.25) is 5.88 Å². The molecule has 0 atom stereocenters. The van der Waals surface area contributed by atoms with Crippen LogP contribution in [0.2, 0.25) is 0 Å². The van der Waals surface area contributed by atoms with Gasteiger partial charge in [-0.05, 0) is 26.0 Å². The van der Waals surface area contributed by atoms with Crippen molar-refractivity contribution in [2.75, 3.05) is 0 Å². The molecule has 14 heavy (non-hydrogen) atoms. The zero-order valence-corrected chi connectivity index (χ0v) is 7.98. The van der Waals surface area contributed by atoms with E-state index in [0.29, 0.717) is 5.65 Å². The van der Waals surface area contributed by atoms with Crippen molar-refractivity contribution in [1.29, 1.82) is 0 Å². The Bertz CT molecular complexity index is 558. The van der Waals surface area contributed by atoms with Crippen molar-refractivity contribution in [2.45, 2.75) is 13.8 Å². The number of aromatic nitrogens is 2. The predicted octanol–water partition coefficient (Wildman–Crippen LogP) is 1.02. The molecule has 1 N–H and O–H groups in total. The Morgan fingerprint density at radius 3 is 2.79 bits per heavy atom. The molecule has 0 bridgehead atoms. The van der Waals surface area contributed by atoms with Crippen LogP contribution in [-0.4, -0.2) is 14.5 Å². The van der Waals surface area contributed by atoms with E-state index >= 15 is 0 Å². The topological polar surface area (TPSA) is 54.6 Å². The van der Waals surface area contributed by atoms with Gasteiger partial charge in [-0.2, -0.15) is 4.98 Å². The summed E-state index contributed by atoms with van der Waals surface area (Å²) in [5.41, 5.74) is 1.34. The van der Waals surface area contributed by atoms with Gasteiger partial charge in [-0.25, -0.2) is 0 Å². The van der Waals surface area contributed by atoms with Gasteiger partial charge in [0.05, 0.1) is 5.56 Å². The molecule has 72 valence electrons. The monoisotopic (exact) mass is 190 g/mol. The molecule has 0 aliphatic rings. The third-order valence-corrected chi connectivity index (χ3v) is 2.24. The highest BCUT2D eigenvalue weighted by atomic mass is 16.3. The minimum atomic E-state index is -0.217. The molecule has 0 aliphatic heterocycles. The van der Waals surface area contributed by atoms with Crippen molar-refractivity contribution in [1.82, 2.24) is 9.38 Å². The average Bonchev–Trinajstić information content (AvgIpc) is 2.14. The lowest BCUT2D eigenvalue weighted by atomic mass is 10.3. The van der Waals surface area contributed by atoms with Crippen LogP contribution in [-0.2, 0) is 0 Å². The van der Waals surface area contributed by atoms with Crippen molar-refractivity contribution in [3.8, 4) is 5.88 Å². The van der Waals surface area contributed by atoms with E-state index in [1.165, 1.54) is 4.40 Å². The molecule has 0 saturated carbocycles. The van der Waals surface area contributed by atoms with Crippen LogP contribution in [0.15, 0.2) is 23.0 Å². The Hall–Kier alpha value is -1.84. The van der Waals surface area contributed by atoms with E-state index in [1.54, 1.807) is 19.1 Å². The minimum absolute atomic E-state index is 0.194. The molecule has 0 amide bonds. The Morgan fingerprint density at radius 1 is 1.36 bits per heavy atom. The highest BCUT2D eigenvalue weighted by molar-refractivity contribution is 5.43. The van der Waals surface area contributed by atoms with E-state index < -0.39 is 0 Å². The van der Waals surface area contributed by atoms with Crippen LogP contribution in [0.3, 0.4) is 0 Å². The zero-order chi connectivity index (χ0) is 10.3. The first-order chi connectivity index (χ1) is 6.61. The first-order valence-corrected chi connectivity index (χ1v) is 4.29. The molecule has 0 aromatic carbocycles. The fourth-order valence-corrected chi connectivity index (χ4v) is 1.41. The SMILES string of the molecule is Cc1c(O)nc2cccc(C)n2c1=O. The molecule has 0 radical (unpaired) electrons. The van der Waals surface area contributed by atoms with Crippen molar-refractivity contribution in [3.05, 3.63) is 39.8 Å². The van der Waals surface area contributed by atoms with Crippen molar-refractivity contribution >= 4 is 5.65 Å². The van der Waals surface area contributed by atoms with Crippen LogP contribution in [0.25, 0.3) is 5.65 Å². The average molecular weight is 190 g/mol. The Balaban J connectivity index is 3.07. The smallest absolute Gasteiger partial charge is 0.264 e. The molecule has 2 heterocycles. The summed E-state index contributed by atoms with van der Waals surface area (Å²) in [4.78, 5) is 15.6. The molecule has 0 saturated heterocycles. The van der Waals surface area contributed by atoms with Crippen molar-refractivity contribution in [2.24, 2.45) is 0 Å². The minimum Gasteiger partial charge on any atom is -0.493 e. The summed E-state index contributed by atoms with van der Waals surface area (Å²) < 4.78 is 1.48. The summed E-state index contributed by atoms with van der Waals surface area (Å²) in [7, 11) is 0. The molecule has 0 unspecified atom stereocenters. The van der Waals surface area contributed by atoms with Gasteiger partial charge in [0, 0.05) is 5.69 Å². The summed E-state index contributed by atoms with van der Waals surface area (Å²) >= 11 is 0. The third-order valence-electron chi connectivity index (χ3n) is 2.24. The molecule has 4 heteroatoms. The number of fused-ring (bicyclic) bond motifs is 1. The second-order valence-electron chi connectivity index (χ2n) is 3.23. The zero-order valence-electron chi connectivity index (χ0n) is 7.98. The van der Waals surface area contributed by atoms with Crippen molar-refractivity contribution < 1.29 is 5.11 Å². The summed E-state index contributed by atoms with van der Waals surface area (Å²) in [6, 6.07) is 5.31. The van der Waals surface area contributed by atoms with E-state index in [2.05, 4.69) is 4.98 Å². The molecule has 4 nitrogen and oxygen atoms in total. The highest BCUT2D eigenvalue weighted by Crippen LogP contribution is 2.10. The maximum atomic E-state index is 11.7. The number of hydrogen-bond donors (Lipinski definition) is 1. The largest absolute Gasteiger partial charge is 0.493 e. The van der Waals surface area contributed by atoms with Crippen molar-refractivity contribution in [3.63, 3.8) is 0 Å². The molecule has 2 aromatic rings. The Morgan fingerprint density at radius 2 is 2.07 bits per heavy atom. The summed E-state index contributed by atoms with van der Waals surface area (Å²) in [6.07, 6.45) is 0. The van der Waals surface area contributed by atoms with Gasteiger partial charge >= 0.3 is 0 Å². The molecule has 0 spiro atoms. The molecule has 0 aliphatic carbocycles. The lowest BCUT2D eigenvalue weighted by Crippen LogP contribution is -2.19. The van der Waals surface area contributed by atoms with E-state index in [4.69, 9.17) is 0 Å².